The number of Topliss-reactive ketones (excluding diaryl/α,β-unsaturated/α-hetero) is 1. The second-order valence-corrected chi connectivity index (χ2v) is 11.7. The maximum Gasteiger partial charge on any atom is 0.250 e. The second-order valence-electron chi connectivity index (χ2n) is 6.60. The minimum absolute atomic E-state index is 0.143. The van der Waals surface area contributed by atoms with E-state index >= 15 is 0 Å². The lowest BCUT2D eigenvalue weighted by Crippen LogP contribution is -2.43. The quantitative estimate of drug-likeness (QED) is 0.406. The highest BCUT2D eigenvalue weighted by Gasteiger charge is 2.38. The van der Waals surface area contributed by atoms with E-state index in [2.05, 4.69) is 33.9 Å². The highest BCUT2D eigenvalue weighted by Crippen LogP contribution is 2.37. The molecule has 0 radical (unpaired) electrons. The Balaban J connectivity index is 2.75. The molecule has 4 heteroatoms. The number of hydrogen-bond acceptors (Lipinski definition) is 2. The summed E-state index contributed by atoms with van der Waals surface area (Å²) in [6.45, 7) is 11.1. The van der Waals surface area contributed by atoms with Crippen LogP contribution in [0.3, 0.4) is 0 Å². The largest absolute Gasteiger partial charge is 0.544 e. The lowest BCUT2D eigenvalue weighted by molar-refractivity contribution is 0.0982. The third-order valence-electron chi connectivity index (χ3n) is 3.89. The van der Waals surface area contributed by atoms with Gasteiger partial charge in [-0.3, -0.25) is 4.79 Å². The molecule has 1 aromatic rings. The molecule has 0 N–H and O–H groups in total. The molecule has 0 saturated carbocycles. The van der Waals surface area contributed by atoms with Crippen LogP contribution in [-0.2, 0) is 0 Å². The zero-order chi connectivity index (χ0) is 15.4. The predicted molar refractivity (Wildman–Crippen MR) is 88.6 cm³/mol. The first-order valence-corrected chi connectivity index (χ1v) is 10.5. The number of hydrogen-bond donors (Lipinski definition) is 0. The topological polar surface area (TPSA) is 26.3 Å². The normalized spacial score (nSPS) is 12.3. The summed E-state index contributed by atoms with van der Waals surface area (Å²) in [6, 6.07) is 7.49. The molecule has 2 nitrogen and oxygen atoms in total. The molecular weight excluding hydrogens is 288 g/mol. The van der Waals surface area contributed by atoms with Gasteiger partial charge in [0.05, 0.1) is 0 Å². The van der Waals surface area contributed by atoms with Crippen LogP contribution in [0.25, 0.3) is 0 Å². The van der Waals surface area contributed by atoms with Gasteiger partial charge in [0.15, 0.2) is 5.78 Å². The van der Waals surface area contributed by atoms with Crippen LogP contribution in [0, 0.1) is 0 Å². The van der Waals surface area contributed by atoms with Crippen molar-refractivity contribution in [1.82, 2.24) is 0 Å². The van der Waals surface area contributed by atoms with Gasteiger partial charge in [0.2, 0.25) is 8.32 Å². The van der Waals surface area contributed by atoms with Crippen molar-refractivity contribution in [3.05, 3.63) is 29.8 Å². The standard InChI is InChI=1S/C16H25ClO2Si/c1-16(2,3)20(4,5)19-14-10-8-13(9-11-14)15(18)7-6-12-17/h8-11H,6-7,12H2,1-5H3. The molecule has 0 aliphatic heterocycles. The Labute approximate surface area is 128 Å². The predicted octanol–water partition coefficient (Wildman–Crippen LogP) is 5.27. The zero-order valence-electron chi connectivity index (χ0n) is 13.1. The van der Waals surface area contributed by atoms with E-state index < -0.39 is 8.32 Å². The lowest BCUT2D eigenvalue weighted by atomic mass is 10.1. The number of alkyl halides is 1. The molecule has 0 aliphatic rings. The molecule has 0 amide bonds. The van der Waals surface area contributed by atoms with E-state index in [1.165, 1.54) is 0 Å². The number of halogens is 1. The van der Waals surface area contributed by atoms with Crippen LogP contribution in [0.1, 0.15) is 44.0 Å². The average molecular weight is 313 g/mol. The Morgan fingerprint density at radius 3 is 2.20 bits per heavy atom. The molecule has 112 valence electrons. The van der Waals surface area contributed by atoms with Crippen LogP contribution in [-0.4, -0.2) is 20.0 Å². The van der Waals surface area contributed by atoms with Crippen molar-refractivity contribution in [2.75, 3.05) is 5.88 Å². The van der Waals surface area contributed by atoms with Gasteiger partial charge in [0, 0.05) is 17.9 Å². The molecule has 0 unspecified atom stereocenters. The number of rotatable bonds is 6. The zero-order valence-corrected chi connectivity index (χ0v) is 14.9. The summed E-state index contributed by atoms with van der Waals surface area (Å²) >= 11 is 5.61. The van der Waals surface area contributed by atoms with Crippen molar-refractivity contribution in [3.8, 4) is 5.75 Å². The minimum Gasteiger partial charge on any atom is -0.544 e. The smallest absolute Gasteiger partial charge is 0.250 e. The lowest BCUT2D eigenvalue weighted by Gasteiger charge is -2.36. The van der Waals surface area contributed by atoms with Crippen LogP contribution in [0.5, 0.6) is 5.75 Å². The fourth-order valence-electron chi connectivity index (χ4n) is 1.53. The Morgan fingerprint density at radius 2 is 1.75 bits per heavy atom. The van der Waals surface area contributed by atoms with Gasteiger partial charge in [-0.25, -0.2) is 0 Å². The van der Waals surface area contributed by atoms with Crippen molar-refractivity contribution in [2.45, 2.75) is 51.7 Å². The summed E-state index contributed by atoms with van der Waals surface area (Å²) in [5, 5.41) is 0.168. The van der Waals surface area contributed by atoms with Crippen molar-refractivity contribution < 1.29 is 9.22 Å². The van der Waals surface area contributed by atoms with Gasteiger partial charge in [-0.15, -0.1) is 11.6 Å². The molecule has 20 heavy (non-hydrogen) atoms. The third kappa shape index (κ3) is 4.64. The molecule has 0 aliphatic carbocycles. The van der Waals surface area contributed by atoms with E-state index in [1.807, 2.05) is 24.3 Å². The Morgan fingerprint density at radius 1 is 1.20 bits per heavy atom. The van der Waals surface area contributed by atoms with E-state index in [1.54, 1.807) is 0 Å². The molecule has 0 fully saturated rings. The van der Waals surface area contributed by atoms with Crippen LogP contribution in [0.4, 0.5) is 0 Å². The average Bonchev–Trinajstić information content (AvgIpc) is 2.35. The molecular formula is C16H25ClO2Si. The van der Waals surface area contributed by atoms with Gasteiger partial charge in [-0.05, 0) is 48.8 Å². The number of ketones is 1. The van der Waals surface area contributed by atoms with Gasteiger partial charge < -0.3 is 4.43 Å². The maximum absolute atomic E-state index is 11.9. The minimum atomic E-state index is -1.81. The fourth-order valence-corrected chi connectivity index (χ4v) is 2.69. The summed E-state index contributed by atoms with van der Waals surface area (Å²) in [7, 11) is -1.81. The van der Waals surface area contributed by atoms with E-state index in [-0.39, 0.29) is 10.8 Å². The van der Waals surface area contributed by atoms with Gasteiger partial charge in [-0.1, -0.05) is 20.8 Å². The SMILES string of the molecule is CC(C)(C)[Si](C)(C)Oc1ccc(C(=O)CCCCl)cc1. The highest BCUT2D eigenvalue weighted by atomic mass is 35.5. The van der Waals surface area contributed by atoms with E-state index in [0.29, 0.717) is 12.3 Å². The van der Waals surface area contributed by atoms with Crippen LogP contribution in [0.2, 0.25) is 18.1 Å². The van der Waals surface area contributed by atoms with Crippen LogP contribution >= 0.6 is 11.6 Å². The van der Waals surface area contributed by atoms with Crippen LogP contribution in [0.15, 0.2) is 24.3 Å². The fraction of sp³-hybridized carbons (Fsp3) is 0.562. The van der Waals surface area contributed by atoms with Crippen molar-refractivity contribution in [3.63, 3.8) is 0 Å². The first-order valence-electron chi connectivity index (χ1n) is 7.05. The summed E-state index contributed by atoms with van der Waals surface area (Å²) in [5.74, 6) is 1.52. The first kappa shape index (κ1) is 17.2. The Hall–Kier alpha value is -0.803. The van der Waals surface area contributed by atoms with E-state index in [9.17, 15) is 4.79 Å². The Kier molecular flexibility index (Phi) is 5.84. The molecule has 0 bridgehead atoms. The Bertz CT molecular complexity index is 447. The van der Waals surface area contributed by atoms with Crippen LogP contribution < -0.4 is 4.43 Å². The monoisotopic (exact) mass is 312 g/mol. The van der Waals surface area contributed by atoms with E-state index in [4.69, 9.17) is 16.0 Å². The molecule has 0 spiro atoms. The summed E-state index contributed by atoms with van der Waals surface area (Å²) < 4.78 is 6.19. The highest BCUT2D eigenvalue weighted by molar-refractivity contribution is 6.74. The molecule has 1 rings (SSSR count). The number of benzene rings is 1. The third-order valence-corrected chi connectivity index (χ3v) is 8.52. The molecule has 0 saturated heterocycles. The van der Waals surface area contributed by atoms with Crippen molar-refractivity contribution in [1.29, 1.82) is 0 Å². The van der Waals surface area contributed by atoms with Gasteiger partial charge >= 0.3 is 0 Å². The molecule has 0 atom stereocenters. The molecule has 0 heterocycles. The maximum atomic E-state index is 11.9. The summed E-state index contributed by atoms with van der Waals surface area (Å²) in [5.41, 5.74) is 0.734. The number of carbonyl (C=O) groups excluding carboxylic acids is 1. The molecule has 0 aromatic heterocycles. The molecule has 1 aromatic carbocycles. The summed E-state index contributed by atoms with van der Waals surface area (Å²) in [6.07, 6.45) is 1.23. The van der Waals surface area contributed by atoms with Gasteiger partial charge in [0.1, 0.15) is 5.75 Å². The van der Waals surface area contributed by atoms with E-state index in [0.717, 1.165) is 17.7 Å². The van der Waals surface area contributed by atoms with Gasteiger partial charge in [0.25, 0.3) is 0 Å². The van der Waals surface area contributed by atoms with Gasteiger partial charge in [-0.2, -0.15) is 0 Å². The number of carbonyl (C=O) groups is 1. The first-order chi connectivity index (χ1) is 9.17. The second kappa shape index (κ2) is 6.77. The summed E-state index contributed by atoms with van der Waals surface area (Å²) in [4.78, 5) is 11.9. The van der Waals surface area contributed by atoms with Crippen molar-refractivity contribution >= 4 is 25.7 Å². The van der Waals surface area contributed by atoms with Crippen molar-refractivity contribution in [2.24, 2.45) is 0 Å².